The molecule has 5 rings (SSSR count). The van der Waals surface area contributed by atoms with Crippen LogP contribution >= 0.6 is 0 Å². The monoisotopic (exact) mass is 370 g/mol. The number of hydrogen-bond donors (Lipinski definition) is 1. The molecule has 0 bridgehead atoms. The van der Waals surface area contributed by atoms with Crippen molar-refractivity contribution in [3.8, 4) is 0 Å². The van der Waals surface area contributed by atoms with Gasteiger partial charge in [-0.05, 0) is 48.1 Å². The zero-order valence-electron chi connectivity index (χ0n) is 15.9. The maximum atomic E-state index is 12.3. The number of carbonyl (C=O) groups is 1. The predicted octanol–water partition coefficient (Wildman–Crippen LogP) is 3.51. The topological polar surface area (TPSA) is 53.4 Å². The van der Waals surface area contributed by atoms with E-state index in [1.54, 1.807) is 12.4 Å². The lowest BCUT2D eigenvalue weighted by Crippen LogP contribution is -2.33. The fourth-order valence-electron chi connectivity index (χ4n) is 4.61. The standard InChI is InChI=1S/C24H22N2O2/c1-16-4-2-5-19(12-16)24(28,20-6-3-10-25-15-20)21-13-17-7-8-22(27)26-11-9-18(14-21)23(17)26/h2-6,10,12-15,28H,7-9,11H2,1H3. The molecule has 0 aliphatic carbocycles. The number of carbonyl (C=O) groups excluding carboxylic acids is 1. The second-order valence-corrected chi connectivity index (χ2v) is 7.76. The van der Waals surface area contributed by atoms with Crippen molar-refractivity contribution in [1.82, 2.24) is 4.98 Å². The number of rotatable bonds is 3. The highest BCUT2D eigenvalue weighted by Crippen LogP contribution is 2.43. The quantitative estimate of drug-likeness (QED) is 0.768. The van der Waals surface area contributed by atoms with Crippen molar-refractivity contribution in [1.29, 1.82) is 0 Å². The molecular weight excluding hydrogens is 348 g/mol. The van der Waals surface area contributed by atoms with Gasteiger partial charge >= 0.3 is 0 Å². The molecule has 1 N–H and O–H groups in total. The van der Waals surface area contributed by atoms with E-state index in [-0.39, 0.29) is 5.91 Å². The molecule has 1 atom stereocenters. The molecule has 0 saturated heterocycles. The van der Waals surface area contributed by atoms with E-state index in [1.807, 2.05) is 48.2 Å². The second kappa shape index (κ2) is 6.28. The zero-order valence-corrected chi connectivity index (χ0v) is 15.9. The first-order valence-corrected chi connectivity index (χ1v) is 9.74. The Morgan fingerprint density at radius 2 is 1.75 bits per heavy atom. The van der Waals surface area contributed by atoms with E-state index in [0.717, 1.165) is 58.5 Å². The van der Waals surface area contributed by atoms with Gasteiger partial charge in [-0.3, -0.25) is 9.78 Å². The van der Waals surface area contributed by atoms with E-state index in [1.165, 1.54) is 0 Å². The normalized spacial score (nSPS) is 17.4. The Labute approximate surface area is 164 Å². The molecule has 140 valence electrons. The Bertz CT molecular complexity index is 1080. The van der Waals surface area contributed by atoms with Gasteiger partial charge < -0.3 is 10.0 Å². The summed E-state index contributed by atoms with van der Waals surface area (Å²) in [6, 6.07) is 15.9. The van der Waals surface area contributed by atoms with Crippen LogP contribution < -0.4 is 4.90 Å². The van der Waals surface area contributed by atoms with E-state index in [2.05, 4.69) is 17.1 Å². The third-order valence-corrected chi connectivity index (χ3v) is 5.98. The van der Waals surface area contributed by atoms with Crippen molar-refractivity contribution in [2.75, 3.05) is 11.4 Å². The predicted molar refractivity (Wildman–Crippen MR) is 108 cm³/mol. The van der Waals surface area contributed by atoms with Gasteiger partial charge in [0.05, 0.1) is 5.69 Å². The van der Waals surface area contributed by atoms with E-state index >= 15 is 0 Å². The summed E-state index contributed by atoms with van der Waals surface area (Å²) in [6.07, 6.45) is 5.54. The number of pyridine rings is 1. The van der Waals surface area contributed by atoms with Crippen LogP contribution in [0.4, 0.5) is 5.69 Å². The van der Waals surface area contributed by atoms with Gasteiger partial charge in [0.1, 0.15) is 5.60 Å². The number of nitrogens with zero attached hydrogens (tertiary/aromatic N) is 2. The molecule has 28 heavy (non-hydrogen) atoms. The molecule has 4 heteroatoms. The molecule has 2 aromatic carbocycles. The molecule has 2 aliphatic rings. The second-order valence-electron chi connectivity index (χ2n) is 7.76. The van der Waals surface area contributed by atoms with Gasteiger partial charge in [0.15, 0.2) is 0 Å². The summed E-state index contributed by atoms with van der Waals surface area (Å²) >= 11 is 0. The van der Waals surface area contributed by atoms with Crippen molar-refractivity contribution in [2.24, 2.45) is 0 Å². The van der Waals surface area contributed by atoms with Crippen LogP contribution in [0.2, 0.25) is 0 Å². The van der Waals surface area contributed by atoms with Gasteiger partial charge in [-0.15, -0.1) is 0 Å². The number of amides is 1. The minimum Gasteiger partial charge on any atom is -0.376 e. The summed E-state index contributed by atoms with van der Waals surface area (Å²) in [4.78, 5) is 18.4. The molecule has 0 spiro atoms. The molecule has 0 saturated carbocycles. The fourth-order valence-corrected chi connectivity index (χ4v) is 4.61. The SMILES string of the molecule is Cc1cccc(C(O)(c2cccnc2)c2cc3c4c(c2)CCN4C(=O)CC3)c1. The Morgan fingerprint density at radius 3 is 2.50 bits per heavy atom. The van der Waals surface area contributed by atoms with Gasteiger partial charge in [0, 0.05) is 30.9 Å². The average Bonchev–Trinajstić information content (AvgIpc) is 3.16. The number of aryl methyl sites for hydroxylation is 2. The summed E-state index contributed by atoms with van der Waals surface area (Å²) in [5.74, 6) is 0.209. The first-order valence-electron chi connectivity index (χ1n) is 9.74. The molecule has 0 radical (unpaired) electrons. The highest BCUT2D eigenvalue weighted by atomic mass is 16.3. The van der Waals surface area contributed by atoms with Crippen molar-refractivity contribution in [3.63, 3.8) is 0 Å². The van der Waals surface area contributed by atoms with E-state index < -0.39 is 5.60 Å². The number of aromatic nitrogens is 1. The Kier molecular flexibility index (Phi) is 3.84. The van der Waals surface area contributed by atoms with Crippen molar-refractivity contribution in [3.05, 3.63) is 94.3 Å². The summed E-state index contributed by atoms with van der Waals surface area (Å²) in [5, 5.41) is 12.1. The van der Waals surface area contributed by atoms with Crippen LogP contribution in [0.5, 0.6) is 0 Å². The maximum absolute atomic E-state index is 12.3. The molecule has 2 aliphatic heterocycles. The van der Waals surface area contributed by atoms with Crippen LogP contribution in [0.15, 0.2) is 60.9 Å². The fraction of sp³-hybridized carbons (Fsp3) is 0.250. The molecule has 1 amide bonds. The van der Waals surface area contributed by atoms with Crippen LogP contribution in [-0.4, -0.2) is 22.5 Å². The van der Waals surface area contributed by atoms with Crippen molar-refractivity contribution >= 4 is 11.6 Å². The minimum absolute atomic E-state index is 0.209. The van der Waals surface area contributed by atoms with Gasteiger partial charge in [-0.25, -0.2) is 0 Å². The Balaban J connectivity index is 1.75. The lowest BCUT2D eigenvalue weighted by Gasteiger charge is -2.32. The lowest BCUT2D eigenvalue weighted by atomic mass is 9.78. The summed E-state index contributed by atoms with van der Waals surface area (Å²) in [6.45, 7) is 2.77. The van der Waals surface area contributed by atoms with E-state index in [4.69, 9.17) is 0 Å². The summed E-state index contributed by atoms with van der Waals surface area (Å²) in [5.41, 5.74) is 5.59. The molecule has 4 nitrogen and oxygen atoms in total. The third kappa shape index (κ3) is 2.49. The van der Waals surface area contributed by atoms with Crippen molar-refractivity contribution < 1.29 is 9.90 Å². The van der Waals surface area contributed by atoms with Crippen molar-refractivity contribution in [2.45, 2.75) is 31.8 Å². The third-order valence-electron chi connectivity index (χ3n) is 5.98. The number of aliphatic hydroxyl groups is 1. The summed E-state index contributed by atoms with van der Waals surface area (Å²) < 4.78 is 0. The van der Waals surface area contributed by atoms with Crippen LogP contribution in [0.1, 0.15) is 39.8 Å². The molecule has 1 aromatic heterocycles. The van der Waals surface area contributed by atoms with Gasteiger partial charge in [-0.2, -0.15) is 0 Å². The molecule has 0 fully saturated rings. The van der Waals surface area contributed by atoms with Gasteiger partial charge in [0.25, 0.3) is 0 Å². The van der Waals surface area contributed by atoms with Gasteiger partial charge in [0.2, 0.25) is 5.91 Å². The number of hydrogen-bond acceptors (Lipinski definition) is 3. The number of benzene rings is 2. The molecule has 3 aromatic rings. The highest BCUT2D eigenvalue weighted by Gasteiger charge is 2.38. The minimum atomic E-state index is -1.29. The zero-order chi connectivity index (χ0) is 19.3. The maximum Gasteiger partial charge on any atom is 0.227 e. The Morgan fingerprint density at radius 1 is 0.964 bits per heavy atom. The summed E-state index contributed by atoms with van der Waals surface area (Å²) in [7, 11) is 0. The largest absolute Gasteiger partial charge is 0.376 e. The Hall–Kier alpha value is -2.98. The molecule has 1 unspecified atom stereocenters. The van der Waals surface area contributed by atoms with Crippen LogP contribution in [0.25, 0.3) is 0 Å². The smallest absolute Gasteiger partial charge is 0.227 e. The van der Waals surface area contributed by atoms with Crippen LogP contribution in [0, 0.1) is 6.92 Å². The highest BCUT2D eigenvalue weighted by molar-refractivity contribution is 5.98. The first-order chi connectivity index (χ1) is 13.6. The first kappa shape index (κ1) is 17.1. The van der Waals surface area contributed by atoms with Crippen LogP contribution in [-0.2, 0) is 23.2 Å². The van der Waals surface area contributed by atoms with E-state index in [0.29, 0.717) is 6.42 Å². The molecular formula is C24H22N2O2. The number of anilines is 1. The van der Waals surface area contributed by atoms with Crippen LogP contribution in [0.3, 0.4) is 0 Å². The molecule has 3 heterocycles. The average molecular weight is 370 g/mol. The van der Waals surface area contributed by atoms with E-state index in [9.17, 15) is 9.90 Å². The van der Waals surface area contributed by atoms with Gasteiger partial charge in [-0.1, -0.05) is 48.0 Å². The lowest BCUT2D eigenvalue weighted by molar-refractivity contribution is -0.118.